The Kier molecular flexibility index (Phi) is 5.20. The highest BCUT2D eigenvalue weighted by atomic mass is 32.2. The van der Waals surface area contributed by atoms with Crippen LogP contribution in [0.15, 0.2) is 24.3 Å². The van der Waals surface area contributed by atoms with Crippen molar-refractivity contribution in [3.63, 3.8) is 0 Å². The minimum absolute atomic E-state index is 0.0222. The molecular weight excluding hydrogens is 366 g/mol. The van der Waals surface area contributed by atoms with Crippen LogP contribution in [-0.4, -0.2) is 56.8 Å². The minimum Gasteiger partial charge on any atom is -0.342 e. The average Bonchev–Trinajstić information content (AvgIpc) is 3.03. The summed E-state index contributed by atoms with van der Waals surface area (Å²) in [5.74, 6) is 0.922. The fourth-order valence-electron chi connectivity index (χ4n) is 3.72. The number of rotatable bonds is 2. The minimum atomic E-state index is -0.469. The maximum Gasteiger partial charge on any atom is 0.269 e. The molecule has 8 heteroatoms. The van der Waals surface area contributed by atoms with Gasteiger partial charge >= 0.3 is 0 Å². The first-order chi connectivity index (χ1) is 12.6. The van der Waals surface area contributed by atoms with Crippen LogP contribution in [0.3, 0.4) is 0 Å². The number of nitro groups is 1. The Morgan fingerprint density at radius 2 is 1.70 bits per heavy atom. The molecule has 2 heterocycles. The van der Waals surface area contributed by atoms with Crippen molar-refractivity contribution >= 4 is 29.3 Å². The van der Waals surface area contributed by atoms with Gasteiger partial charge in [-0.05, 0) is 25.0 Å². The molecule has 0 radical (unpaired) electrons. The van der Waals surface area contributed by atoms with Crippen molar-refractivity contribution in [2.45, 2.75) is 38.5 Å². The van der Waals surface area contributed by atoms with Crippen molar-refractivity contribution in [1.29, 1.82) is 0 Å². The highest BCUT2D eigenvalue weighted by molar-refractivity contribution is 8.00. The average molecular weight is 391 g/mol. The Hall–Kier alpha value is -2.09. The Bertz CT molecular complexity index is 749. The fourth-order valence-corrected chi connectivity index (χ4v) is 5.18. The van der Waals surface area contributed by atoms with Crippen molar-refractivity contribution in [2.24, 2.45) is 5.41 Å². The summed E-state index contributed by atoms with van der Waals surface area (Å²) in [6, 6.07) is 5.78. The highest BCUT2D eigenvalue weighted by Crippen LogP contribution is 2.45. The van der Waals surface area contributed by atoms with Crippen molar-refractivity contribution in [2.75, 3.05) is 25.4 Å². The number of carbonyl (C=O) groups excluding carboxylic acids is 2. The van der Waals surface area contributed by atoms with Crippen molar-refractivity contribution in [1.82, 2.24) is 9.80 Å². The summed E-state index contributed by atoms with van der Waals surface area (Å²) in [5, 5.41) is 10.8. The summed E-state index contributed by atoms with van der Waals surface area (Å²) < 4.78 is 0. The molecule has 0 N–H and O–H groups in total. The van der Waals surface area contributed by atoms with Gasteiger partial charge in [0.2, 0.25) is 5.91 Å². The van der Waals surface area contributed by atoms with E-state index in [1.807, 2.05) is 30.6 Å². The Balaban J connectivity index is 1.73. The number of piperidine rings is 1. The molecule has 0 aliphatic carbocycles. The number of thioether (sulfide) groups is 1. The summed E-state index contributed by atoms with van der Waals surface area (Å²) in [6.07, 6.45) is 1.50. The molecule has 0 unspecified atom stereocenters. The zero-order chi connectivity index (χ0) is 19.8. The molecule has 0 saturated carbocycles. The molecule has 0 bridgehead atoms. The van der Waals surface area contributed by atoms with Gasteiger partial charge in [0.15, 0.2) is 0 Å². The second-order valence-electron chi connectivity index (χ2n) is 8.10. The molecule has 27 heavy (non-hydrogen) atoms. The highest BCUT2D eigenvalue weighted by Gasteiger charge is 2.47. The van der Waals surface area contributed by atoms with Crippen LogP contribution in [-0.2, 0) is 4.79 Å². The summed E-state index contributed by atoms with van der Waals surface area (Å²) >= 11 is 1.78. The van der Waals surface area contributed by atoms with Crippen LogP contribution < -0.4 is 0 Å². The van der Waals surface area contributed by atoms with Gasteiger partial charge in [0.1, 0.15) is 0 Å². The lowest BCUT2D eigenvalue weighted by Gasteiger charge is -2.45. The number of amides is 2. The predicted octanol–water partition coefficient (Wildman–Crippen LogP) is 3.15. The second kappa shape index (κ2) is 7.14. The third kappa shape index (κ3) is 3.81. The van der Waals surface area contributed by atoms with Crippen LogP contribution in [0, 0.1) is 15.5 Å². The first kappa shape index (κ1) is 19.7. The monoisotopic (exact) mass is 391 g/mol. The smallest absolute Gasteiger partial charge is 0.269 e. The molecule has 2 fully saturated rings. The van der Waals surface area contributed by atoms with E-state index in [0.717, 1.165) is 18.6 Å². The molecule has 146 valence electrons. The van der Waals surface area contributed by atoms with Crippen LogP contribution in [0.5, 0.6) is 0 Å². The molecule has 3 rings (SSSR count). The Morgan fingerprint density at radius 1 is 1.11 bits per heavy atom. The zero-order valence-electron chi connectivity index (χ0n) is 15.9. The van der Waals surface area contributed by atoms with Gasteiger partial charge in [0.25, 0.3) is 11.6 Å². The van der Waals surface area contributed by atoms with E-state index in [1.165, 1.54) is 24.3 Å². The van der Waals surface area contributed by atoms with Crippen molar-refractivity contribution in [3.05, 3.63) is 39.9 Å². The molecule has 1 aromatic carbocycles. The normalized spacial score (nSPS) is 19.4. The van der Waals surface area contributed by atoms with E-state index in [-0.39, 0.29) is 22.4 Å². The Labute approximate surface area is 163 Å². The van der Waals surface area contributed by atoms with Gasteiger partial charge in [0, 0.05) is 48.5 Å². The molecule has 1 spiro atoms. The van der Waals surface area contributed by atoms with Crippen LogP contribution >= 0.6 is 11.8 Å². The van der Waals surface area contributed by atoms with E-state index in [0.29, 0.717) is 25.2 Å². The number of nitrogens with zero attached hydrogens (tertiary/aromatic N) is 3. The SMILES string of the molecule is CC(C)(C)C(=O)N1CCC2(CC1)SCCN2C(=O)c1ccc([N+](=O)[O-])cc1. The molecule has 2 aliphatic rings. The van der Waals surface area contributed by atoms with Gasteiger partial charge < -0.3 is 9.80 Å². The van der Waals surface area contributed by atoms with Gasteiger partial charge in [-0.1, -0.05) is 20.8 Å². The van der Waals surface area contributed by atoms with Crippen LogP contribution in [0.25, 0.3) is 0 Å². The number of hydrogen-bond acceptors (Lipinski definition) is 5. The third-order valence-corrected chi connectivity index (χ3v) is 6.77. The summed E-state index contributed by atoms with van der Waals surface area (Å²) in [5.41, 5.74) is 0.0448. The van der Waals surface area contributed by atoms with Gasteiger partial charge in [0.05, 0.1) is 9.79 Å². The quantitative estimate of drug-likeness (QED) is 0.571. The molecule has 2 amide bonds. The standard InChI is InChI=1S/C19H25N3O4S/c1-18(2,3)17(24)20-10-8-19(9-11-20)21(12-13-27-19)16(23)14-4-6-15(7-5-14)22(25)26/h4-7H,8-13H2,1-3H3. The summed E-state index contributed by atoms with van der Waals surface area (Å²) in [6.45, 7) is 7.73. The molecular formula is C19H25N3O4S. The van der Waals surface area contributed by atoms with E-state index in [4.69, 9.17) is 0 Å². The maximum absolute atomic E-state index is 13.0. The lowest BCUT2D eigenvalue weighted by molar-refractivity contribution is -0.384. The fraction of sp³-hybridized carbons (Fsp3) is 0.579. The zero-order valence-corrected chi connectivity index (χ0v) is 16.8. The lowest BCUT2D eigenvalue weighted by atomic mass is 9.92. The second-order valence-corrected chi connectivity index (χ2v) is 9.55. The molecule has 1 aromatic rings. The lowest BCUT2D eigenvalue weighted by Crippen LogP contribution is -2.55. The van der Waals surface area contributed by atoms with Crippen LogP contribution in [0.1, 0.15) is 44.0 Å². The third-order valence-electron chi connectivity index (χ3n) is 5.22. The number of carbonyl (C=O) groups is 2. The largest absolute Gasteiger partial charge is 0.342 e. The maximum atomic E-state index is 13.0. The topological polar surface area (TPSA) is 83.8 Å². The Morgan fingerprint density at radius 3 is 2.22 bits per heavy atom. The van der Waals surface area contributed by atoms with E-state index in [2.05, 4.69) is 0 Å². The van der Waals surface area contributed by atoms with Gasteiger partial charge in [-0.2, -0.15) is 0 Å². The van der Waals surface area contributed by atoms with Crippen molar-refractivity contribution in [3.8, 4) is 0 Å². The van der Waals surface area contributed by atoms with Crippen LogP contribution in [0.2, 0.25) is 0 Å². The van der Waals surface area contributed by atoms with E-state index < -0.39 is 10.3 Å². The first-order valence-corrected chi connectivity index (χ1v) is 10.1. The van der Waals surface area contributed by atoms with Gasteiger partial charge in [-0.25, -0.2) is 0 Å². The van der Waals surface area contributed by atoms with Crippen molar-refractivity contribution < 1.29 is 14.5 Å². The molecule has 0 atom stereocenters. The van der Waals surface area contributed by atoms with E-state index >= 15 is 0 Å². The van der Waals surface area contributed by atoms with E-state index in [1.54, 1.807) is 11.8 Å². The van der Waals surface area contributed by atoms with E-state index in [9.17, 15) is 19.7 Å². The number of non-ortho nitro benzene ring substituents is 1. The molecule has 7 nitrogen and oxygen atoms in total. The number of nitro benzene ring substituents is 1. The summed E-state index contributed by atoms with van der Waals surface area (Å²) in [7, 11) is 0. The molecule has 2 saturated heterocycles. The first-order valence-electron chi connectivity index (χ1n) is 9.14. The van der Waals surface area contributed by atoms with Gasteiger partial charge in [-0.3, -0.25) is 19.7 Å². The van der Waals surface area contributed by atoms with Crippen LogP contribution in [0.4, 0.5) is 5.69 Å². The number of likely N-dealkylation sites (tertiary alicyclic amines) is 1. The van der Waals surface area contributed by atoms with Gasteiger partial charge in [-0.15, -0.1) is 11.8 Å². The predicted molar refractivity (Wildman–Crippen MR) is 105 cm³/mol. The summed E-state index contributed by atoms with van der Waals surface area (Å²) in [4.78, 5) is 39.4. The molecule has 2 aliphatic heterocycles. The number of hydrogen-bond donors (Lipinski definition) is 0. The molecule has 0 aromatic heterocycles. The number of benzene rings is 1.